The molecule has 6 heteroatoms. The Morgan fingerprint density at radius 3 is 1.61 bits per heavy atom. The van der Waals surface area contributed by atoms with E-state index >= 15 is 0 Å². The molecule has 3 aliphatic rings. The summed E-state index contributed by atoms with van der Waals surface area (Å²) in [4.78, 5) is 17.9. The van der Waals surface area contributed by atoms with Crippen LogP contribution in [0.2, 0.25) is 0 Å². The maximum absolute atomic E-state index is 5.32. The average molecular weight is 969 g/mol. The lowest BCUT2D eigenvalue weighted by Crippen LogP contribution is -2.33. The molecule has 0 bridgehead atoms. The molecule has 75 heavy (non-hydrogen) atoms. The van der Waals surface area contributed by atoms with E-state index in [1.165, 1.54) is 33.5 Å². The quantitative estimate of drug-likeness (QED) is 0.116. The summed E-state index contributed by atoms with van der Waals surface area (Å²) >= 11 is 0. The van der Waals surface area contributed by atoms with E-state index in [-0.39, 0.29) is 5.54 Å². The number of fused-ring (bicyclic) bond motifs is 3. The molecule has 0 radical (unpaired) electrons. The van der Waals surface area contributed by atoms with Gasteiger partial charge in [-0.1, -0.05) is 152 Å². The van der Waals surface area contributed by atoms with E-state index in [4.69, 9.17) is 9.97 Å². The minimum Gasteiger partial charge on any atom is -0.359 e. The van der Waals surface area contributed by atoms with Crippen molar-refractivity contribution in [2.45, 2.75) is 37.6 Å². The van der Waals surface area contributed by atoms with Crippen LogP contribution >= 0.6 is 0 Å². The molecule has 0 saturated heterocycles. The summed E-state index contributed by atoms with van der Waals surface area (Å²) in [5.41, 5.74) is 16.6. The van der Waals surface area contributed by atoms with Crippen LogP contribution in [-0.4, -0.2) is 15.5 Å². The van der Waals surface area contributed by atoms with Crippen molar-refractivity contribution >= 4 is 67.3 Å². The second-order valence-corrected chi connectivity index (χ2v) is 19.8. The van der Waals surface area contributed by atoms with Crippen LogP contribution in [0.3, 0.4) is 0 Å². The van der Waals surface area contributed by atoms with E-state index in [1.807, 2.05) is 24.3 Å². The Hall–Kier alpha value is -9.26. The van der Waals surface area contributed by atoms with Crippen LogP contribution < -0.4 is 20.0 Å². The first-order valence-corrected chi connectivity index (χ1v) is 26.3. The predicted octanol–water partition coefficient (Wildman–Crippen LogP) is 18.2. The molecule has 1 heterocycles. The Morgan fingerprint density at radius 1 is 0.453 bits per heavy atom. The molecule has 9 aromatic carbocycles. The molecule has 362 valence electrons. The zero-order chi connectivity index (χ0) is 50.0. The SMILES string of the molecule is C1=CC(N(c2ccccc2)c2ccc(N(c3ccc(-c4nc5ccccc5nc4-c4ccc(NC5=CC6CC6(N(c6ccccc6)c6ccccc6)C=CC5)cc4)cc3)c3ccc4ccccc4c3)cc2)=CCCC1. The average Bonchev–Trinajstić information content (AvgIpc) is 4.28. The van der Waals surface area contributed by atoms with Gasteiger partial charge in [-0.15, -0.1) is 0 Å². The van der Waals surface area contributed by atoms with Gasteiger partial charge in [-0.25, -0.2) is 9.97 Å². The van der Waals surface area contributed by atoms with Crippen molar-refractivity contribution in [1.82, 2.24) is 9.97 Å². The maximum atomic E-state index is 5.32. The van der Waals surface area contributed by atoms with Gasteiger partial charge in [-0.3, -0.25) is 0 Å². The number of rotatable bonds is 13. The standard InChI is InChI=1S/C69H56N6/c1-2-7-23-57(22-6-1)73(58-24-8-3-9-25-58)60-42-44-61(45-43-60)74(64-41-34-50-19-14-15-20-53(50)47-64)59-39-35-52(36-40-59)68-67(71-65-30-16-17-31-66(65)72-68)51-32-37-55(38-33-51)70-56-21-18-46-69(49-54(69)48-56)75(62-26-10-4-11-27-62)63-28-12-5-13-29-63/h3-6,8-20,22-48,54,70H,1-2,7,21,49H2. The van der Waals surface area contributed by atoms with Gasteiger partial charge < -0.3 is 20.0 Å². The van der Waals surface area contributed by atoms with Crippen molar-refractivity contribution in [2.75, 3.05) is 20.0 Å². The number of allylic oxidation sites excluding steroid dienone is 4. The van der Waals surface area contributed by atoms with Gasteiger partial charge >= 0.3 is 0 Å². The number of anilines is 8. The van der Waals surface area contributed by atoms with Crippen LogP contribution in [0.4, 0.5) is 45.5 Å². The molecule has 13 rings (SSSR count). The van der Waals surface area contributed by atoms with Gasteiger partial charge in [0.15, 0.2) is 0 Å². The lowest BCUT2D eigenvalue weighted by molar-refractivity contribution is 0.759. The molecule has 3 aliphatic carbocycles. The van der Waals surface area contributed by atoms with Gasteiger partial charge in [0.2, 0.25) is 0 Å². The summed E-state index contributed by atoms with van der Waals surface area (Å²) in [6.07, 6.45) is 19.3. The Morgan fingerprint density at radius 2 is 0.973 bits per heavy atom. The third kappa shape index (κ3) is 9.17. The van der Waals surface area contributed by atoms with Crippen molar-refractivity contribution < 1.29 is 0 Å². The zero-order valence-corrected chi connectivity index (χ0v) is 41.8. The van der Waals surface area contributed by atoms with Crippen LogP contribution in [0.15, 0.2) is 278 Å². The van der Waals surface area contributed by atoms with Crippen LogP contribution in [-0.2, 0) is 0 Å². The first kappa shape index (κ1) is 45.6. The van der Waals surface area contributed by atoms with E-state index in [9.17, 15) is 0 Å². The molecule has 2 unspecified atom stereocenters. The van der Waals surface area contributed by atoms with E-state index in [0.717, 1.165) is 99.8 Å². The Kier molecular flexibility index (Phi) is 12.1. The molecule has 6 nitrogen and oxygen atoms in total. The van der Waals surface area contributed by atoms with Gasteiger partial charge in [-0.2, -0.15) is 0 Å². The fourth-order valence-electron chi connectivity index (χ4n) is 11.1. The third-order valence-electron chi connectivity index (χ3n) is 14.9. The molecule has 1 fully saturated rings. The van der Waals surface area contributed by atoms with Gasteiger partial charge in [0.1, 0.15) is 0 Å². The second kappa shape index (κ2) is 20.0. The molecule has 10 aromatic rings. The first-order chi connectivity index (χ1) is 37.1. The molecular weight excluding hydrogens is 913 g/mol. The van der Waals surface area contributed by atoms with Gasteiger partial charge in [0, 0.05) is 80.4 Å². The second-order valence-electron chi connectivity index (χ2n) is 19.8. The molecule has 1 aromatic heterocycles. The maximum Gasteiger partial charge on any atom is 0.0973 e. The van der Waals surface area contributed by atoms with E-state index in [2.05, 4.69) is 263 Å². The molecule has 0 aliphatic heterocycles. The highest BCUT2D eigenvalue weighted by molar-refractivity contribution is 5.91. The highest BCUT2D eigenvalue weighted by Crippen LogP contribution is 2.56. The first-order valence-electron chi connectivity index (χ1n) is 26.3. The molecule has 1 saturated carbocycles. The van der Waals surface area contributed by atoms with Crippen molar-refractivity contribution in [3.05, 3.63) is 278 Å². The molecule has 0 amide bonds. The van der Waals surface area contributed by atoms with Crippen molar-refractivity contribution in [2.24, 2.45) is 5.92 Å². The zero-order valence-electron chi connectivity index (χ0n) is 41.8. The largest absolute Gasteiger partial charge is 0.359 e. The van der Waals surface area contributed by atoms with Crippen LogP contribution in [0, 0.1) is 5.92 Å². The summed E-state index contributed by atoms with van der Waals surface area (Å²) in [6.45, 7) is 0. The highest BCUT2D eigenvalue weighted by atomic mass is 15.2. The van der Waals surface area contributed by atoms with E-state index < -0.39 is 0 Å². The summed E-state index contributed by atoms with van der Waals surface area (Å²) in [5, 5.41) is 6.20. The lowest BCUT2D eigenvalue weighted by Gasteiger charge is -2.33. The number of hydrogen-bond donors (Lipinski definition) is 1. The number of benzene rings is 9. The van der Waals surface area contributed by atoms with E-state index in [1.54, 1.807) is 0 Å². The minimum atomic E-state index is -0.102. The van der Waals surface area contributed by atoms with Crippen LogP contribution in [0.5, 0.6) is 0 Å². The van der Waals surface area contributed by atoms with Gasteiger partial charge in [0.05, 0.1) is 28.0 Å². The molecule has 2 atom stereocenters. The molecule has 0 spiro atoms. The smallest absolute Gasteiger partial charge is 0.0973 e. The van der Waals surface area contributed by atoms with Crippen molar-refractivity contribution in [1.29, 1.82) is 0 Å². The summed E-state index contributed by atoms with van der Waals surface area (Å²) in [6, 6.07) is 82.2. The Labute approximate surface area is 439 Å². The number of aromatic nitrogens is 2. The fraction of sp³-hybridized carbons (Fsp3) is 0.101. The number of para-hydroxylation sites is 5. The topological polar surface area (TPSA) is 47.5 Å². The predicted molar refractivity (Wildman–Crippen MR) is 314 cm³/mol. The Bertz CT molecular complexity index is 3730. The number of hydrogen-bond acceptors (Lipinski definition) is 6. The normalized spacial score (nSPS) is 16.8. The number of nitrogens with one attached hydrogen (secondary N) is 1. The van der Waals surface area contributed by atoms with Crippen LogP contribution in [0.1, 0.15) is 32.1 Å². The monoisotopic (exact) mass is 968 g/mol. The van der Waals surface area contributed by atoms with Gasteiger partial charge in [0.25, 0.3) is 0 Å². The molecular formula is C69H56N6. The third-order valence-corrected chi connectivity index (χ3v) is 14.9. The summed E-state index contributed by atoms with van der Waals surface area (Å²) < 4.78 is 0. The van der Waals surface area contributed by atoms with Crippen molar-refractivity contribution in [3.63, 3.8) is 0 Å². The summed E-state index contributed by atoms with van der Waals surface area (Å²) in [5.74, 6) is 0.378. The highest BCUT2D eigenvalue weighted by Gasteiger charge is 2.56. The molecule has 1 N–H and O–H groups in total. The summed E-state index contributed by atoms with van der Waals surface area (Å²) in [7, 11) is 0. The Balaban J connectivity index is 0.810. The number of nitrogens with zero attached hydrogens (tertiary/aromatic N) is 5. The fourth-order valence-corrected chi connectivity index (χ4v) is 11.1. The van der Waals surface area contributed by atoms with Crippen LogP contribution in [0.25, 0.3) is 44.3 Å². The van der Waals surface area contributed by atoms with E-state index in [0.29, 0.717) is 5.92 Å². The van der Waals surface area contributed by atoms with Crippen molar-refractivity contribution in [3.8, 4) is 22.5 Å². The van der Waals surface area contributed by atoms with Gasteiger partial charge in [-0.05, 0) is 152 Å². The lowest BCUT2D eigenvalue weighted by atomic mass is 10.0. The minimum absolute atomic E-state index is 0.102.